The monoisotopic (exact) mass is 237 g/mol. The molecule has 3 nitrogen and oxygen atoms in total. The molecule has 0 fully saturated rings. The molecule has 0 rings (SSSR count). The van der Waals surface area contributed by atoms with Crippen molar-refractivity contribution in [1.29, 1.82) is 0 Å². The first-order chi connectivity index (χ1) is 0. The molecule has 0 N–H and O–H groups in total. The smallest absolute Gasteiger partial charge is 2.00 e. The predicted molar refractivity (Wildman–Crippen MR) is 19.3 cm³/mol. The molecule has 0 amide bonds. The van der Waals surface area contributed by atoms with Gasteiger partial charge in [-0.3, -0.25) is 0 Å². The Morgan fingerprint density at radius 3 is 0.667 bits per heavy atom. The van der Waals surface area contributed by atoms with Gasteiger partial charge in [0.1, 0.15) is 0 Å². The van der Waals surface area contributed by atoms with Crippen molar-refractivity contribution in [3.05, 3.63) is 0 Å². The Morgan fingerprint density at radius 1 is 0.667 bits per heavy atom. The van der Waals surface area contributed by atoms with E-state index < -0.39 is 0 Å². The summed E-state index contributed by atoms with van der Waals surface area (Å²) in [4.78, 5) is 0. The average molecular weight is 237 g/mol. The van der Waals surface area contributed by atoms with Gasteiger partial charge in [0, 0.05) is 0 Å². The van der Waals surface area contributed by atoms with Gasteiger partial charge in [0.2, 0.25) is 0 Å². The van der Waals surface area contributed by atoms with E-state index in [0.29, 0.717) is 0 Å². The standard InChI is InChI=1S/Al.Ba.Mg.3O/q+3;2*+2;3*-2. The van der Waals surface area contributed by atoms with E-state index >= 15 is 0 Å². The maximum absolute atomic E-state index is 0. The van der Waals surface area contributed by atoms with Gasteiger partial charge in [-0.1, -0.05) is 0 Å². The Balaban J connectivity index is 0. The summed E-state index contributed by atoms with van der Waals surface area (Å²) >= 11 is 0. The summed E-state index contributed by atoms with van der Waals surface area (Å²) in [5.41, 5.74) is 0. The molecular formula is AlBaMgO3+. The summed E-state index contributed by atoms with van der Waals surface area (Å²) < 4.78 is 0. The van der Waals surface area contributed by atoms with Crippen molar-refractivity contribution in [2.75, 3.05) is 0 Å². The van der Waals surface area contributed by atoms with E-state index in [1.54, 1.807) is 0 Å². The third-order valence-corrected chi connectivity index (χ3v) is 0. The van der Waals surface area contributed by atoms with Crippen LogP contribution < -0.4 is 0 Å². The van der Waals surface area contributed by atoms with Crippen LogP contribution in [0.15, 0.2) is 0 Å². The molecule has 0 saturated heterocycles. The first-order valence-corrected chi connectivity index (χ1v) is 0. The van der Waals surface area contributed by atoms with Crippen LogP contribution in [0.5, 0.6) is 0 Å². The van der Waals surface area contributed by atoms with Crippen molar-refractivity contribution >= 4 is 89.3 Å². The van der Waals surface area contributed by atoms with Gasteiger partial charge in [-0.15, -0.1) is 0 Å². The molecule has 0 atom stereocenters. The van der Waals surface area contributed by atoms with Crippen LogP contribution in [0, 0.1) is 0 Å². The van der Waals surface area contributed by atoms with E-state index in [9.17, 15) is 0 Å². The molecule has 6 heteroatoms. The summed E-state index contributed by atoms with van der Waals surface area (Å²) in [6, 6.07) is 0. The van der Waals surface area contributed by atoms with E-state index in [-0.39, 0.29) is 106 Å². The minimum Gasteiger partial charge on any atom is -2.00 e. The van der Waals surface area contributed by atoms with Crippen molar-refractivity contribution in [2.24, 2.45) is 0 Å². The summed E-state index contributed by atoms with van der Waals surface area (Å²) in [7, 11) is 0. The van der Waals surface area contributed by atoms with Gasteiger partial charge in [-0.2, -0.15) is 0 Å². The molecule has 0 aliphatic carbocycles. The van der Waals surface area contributed by atoms with Crippen LogP contribution >= 0.6 is 0 Å². The number of hydrogen-bond acceptors (Lipinski definition) is 0. The Hall–Kier alpha value is 2.75. The zero-order chi connectivity index (χ0) is 0. The Morgan fingerprint density at radius 2 is 0.667 bits per heavy atom. The van der Waals surface area contributed by atoms with E-state index in [4.69, 9.17) is 0 Å². The molecule has 0 heterocycles. The van der Waals surface area contributed by atoms with Gasteiger partial charge < -0.3 is 16.4 Å². The van der Waals surface area contributed by atoms with Crippen molar-refractivity contribution < 1.29 is 16.4 Å². The molecule has 0 aromatic heterocycles. The van der Waals surface area contributed by atoms with Gasteiger partial charge in [0.05, 0.1) is 0 Å². The van der Waals surface area contributed by atoms with Crippen LogP contribution in [-0.4, -0.2) is 89.3 Å². The molecule has 24 valence electrons. The van der Waals surface area contributed by atoms with E-state index in [0.717, 1.165) is 0 Å². The minimum absolute atomic E-state index is 0. The molecular weight excluding hydrogens is 237 g/mol. The molecule has 0 bridgehead atoms. The summed E-state index contributed by atoms with van der Waals surface area (Å²) in [5, 5.41) is 0. The fourth-order valence-electron chi connectivity index (χ4n) is 0. The van der Waals surface area contributed by atoms with Gasteiger partial charge >= 0.3 is 89.3 Å². The molecule has 0 unspecified atom stereocenters. The van der Waals surface area contributed by atoms with Gasteiger partial charge in [0.25, 0.3) is 0 Å². The number of rotatable bonds is 0. The third kappa shape index (κ3) is 29.5. The first-order valence-electron chi connectivity index (χ1n) is 0. The first kappa shape index (κ1) is 69.5. The largest absolute Gasteiger partial charge is 3.00 e. The summed E-state index contributed by atoms with van der Waals surface area (Å²) in [6.45, 7) is 0. The molecule has 0 spiro atoms. The maximum Gasteiger partial charge on any atom is 3.00 e. The molecule has 0 saturated carbocycles. The second-order valence-electron chi connectivity index (χ2n) is 0. The van der Waals surface area contributed by atoms with Crippen LogP contribution in [0.3, 0.4) is 0 Å². The van der Waals surface area contributed by atoms with Crippen LogP contribution in [0.4, 0.5) is 0 Å². The van der Waals surface area contributed by atoms with Crippen LogP contribution in [0.1, 0.15) is 0 Å². The molecule has 0 aliphatic rings. The molecule has 0 aromatic carbocycles. The fraction of sp³-hybridized carbons (Fsp3) is 0. The van der Waals surface area contributed by atoms with E-state index in [1.807, 2.05) is 0 Å². The van der Waals surface area contributed by atoms with Crippen molar-refractivity contribution in [3.8, 4) is 0 Å². The zero-order valence-corrected chi connectivity index (χ0v) is 10.2. The fourth-order valence-corrected chi connectivity index (χ4v) is 0. The van der Waals surface area contributed by atoms with Crippen molar-refractivity contribution in [2.45, 2.75) is 0 Å². The number of hydrogen-bond donors (Lipinski definition) is 0. The van der Waals surface area contributed by atoms with Crippen LogP contribution in [0.2, 0.25) is 0 Å². The molecule has 0 aliphatic heterocycles. The topological polar surface area (TPSA) is 85.5 Å². The van der Waals surface area contributed by atoms with Crippen molar-refractivity contribution in [1.82, 2.24) is 0 Å². The molecule has 0 radical (unpaired) electrons. The van der Waals surface area contributed by atoms with Gasteiger partial charge in [-0.25, -0.2) is 0 Å². The average Bonchev–Trinajstić information content (AvgIpc) is 0. The van der Waals surface area contributed by atoms with Gasteiger partial charge in [0.15, 0.2) is 0 Å². The Bertz CT molecular complexity index is 10.8. The van der Waals surface area contributed by atoms with E-state index in [2.05, 4.69) is 0 Å². The van der Waals surface area contributed by atoms with Crippen LogP contribution in [0.25, 0.3) is 0 Å². The second-order valence-corrected chi connectivity index (χ2v) is 0. The minimum atomic E-state index is 0. The summed E-state index contributed by atoms with van der Waals surface area (Å²) in [5.74, 6) is 0. The summed E-state index contributed by atoms with van der Waals surface area (Å²) in [6.07, 6.45) is 0. The third-order valence-electron chi connectivity index (χ3n) is 0. The Kier molecular flexibility index (Phi) is 541. The maximum atomic E-state index is 0. The van der Waals surface area contributed by atoms with E-state index in [1.165, 1.54) is 0 Å². The predicted octanol–water partition coefficient (Wildman–Crippen LogP) is -1.50. The molecule has 0 aromatic rings. The van der Waals surface area contributed by atoms with Gasteiger partial charge in [-0.05, 0) is 0 Å². The molecule has 6 heavy (non-hydrogen) atoms. The van der Waals surface area contributed by atoms with Crippen molar-refractivity contribution in [3.63, 3.8) is 0 Å². The zero-order valence-electron chi connectivity index (χ0n) is 3.22. The SMILES string of the molecule is [Al+3].[Ba+2].[Mg+2].[O-2].[O-2].[O-2]. The quantitative estimate of drug-likeness (QED) is 0.459. The second kappa shape index (κ2) is 46.7. The Labute approximate surface area is 104 Å². The normalized spacial score (nSPS) is 0. The van der Waals surface area contributed by atoms with Crippen LogP contribution in [-0.2, 0) is 16.4 Å².